The predicted octanol–water partition coefficient (Wildman–Crippen LogP) is 3.49. The summed E-state index contributed by atoms with van der Waals surface area (Å²) in [6.45, 7) is 0. The molecule has 0 saturated carbocycles. The zero-order valence-electron chi connectivity index (χ0n) is 12.8. The number of nitrogens with one attached hydrogen (secondary N) is 1. The second-order valence-electron chi connectivity index (χ2n) is 4.88. The van der Waals surface area contributed by atoms with Gasteiger partial charge in [0.1, 0.15) is 5.76 Å². The van der Waals surface area contributed by atoms with Crippen molar-refractivity contribution >= 4 is 18.0 Å². The quantitative estimate of drug-likeness (QED) is 0.455. The van der Waals surface area contributed by atoms with Crippen LogP contribution in [0.15, 0.2) is 93.6 Å². The van der Waals surface area contributed by atoms with Crippen molar-refractivity contribution in [1.29, 1.82) is 0 Å². The van der Waals surface area contributed by atoms with Gasteiger partial charge in [-0.15, -0.1) is 0 Å². The smallest absolute Gasteiger partial charge is 0.271 e. The lowest BCUT2D eigenvalue weighted by atomic mass is 10.2. The van der Waals surface area contributed by atoms with Crippen LogP contribution in [-0.4, -0.2) is 18.0 Å². The van der Waals surface area contributed by atoms with Crippen molar-refractivity contribution in [3.05, 3.63) is 95.9 Å². The summed E-state index contributed by atoms with van der Waals surface area (Å²) in [6, 6.07) is 21.9. The summed E-state index contributed by atoms with van der Waals surface area (Å²) in [5.41, 5.74) is 3.85. The molecular formula is C19H15N3O2. The number of hydrazone groups is 1. The molecule has 0 spiro atoms. The number of carbonyl (C=O) groups excluding carboxylic acids is 1. The predicted molar refractivity (Wildman–Crippen MR) is 93.2 cm³/mol. The summed E-state index contributed by atoms with van der Waals surface area (Å²) >= 11 is 0. The Morgan fingerprint density at radius 1 is 0.875 bits per heavy atom. The highest BCUT2D eigenvalue weighted by molar-refractivity contribution is 6.05. The van der Waals surface area contributed by atoms with Crippen LogP contribution in [0, 0.1) is 0 Å². The molecule has 0 fully saturated rings. The first-order valence-corrected chi connectivity index (χ1v) is 7.39. The molecule has 3 aromatic rings. The Hall–Kier alpha value is -3.47. The maximum Gasteiger partial charge on any atom is 0.271 e. The average molecular weight is 317 g/mol. The highest BCUT2D eigenvalue weighted by Crippen LogP contribution is 2.04. The number of nitrogens with zero attached hydrogens (tertiary/aromatic N) is 2. The topological polar surface area (TPSA) is 67.0 Å². The molecule has 5 heteroatoms. The maximum absolute atomic E-state index is 12.1. The molecular weight excluding hydrogens is 302 g/mol. The second-order valence-corrected chi connectivity index (χ2v) is 4.88. The molecule has 118 valence electrons. The van der Waals surface area contributed by atoms with Crippen molar-refractivity contribution in [3.8, 4) is 0 Å². The Kier molecular flexibility index (Phi) is 4.94. The third-order valence-electron chi connectivity index (χ3n) is 3.19. The summed E-state index contributed by atoms with van der Waals surface area (Å²) in [5, 5.41) is 4.15. The van der Waals surface area contributed by atoms with Gasteiger partial charge in [0.15, 0.2) is 5.84 Å². The first-order valence-electron chi connectivity index (χ1n) is 7.39. The highest BCUT2D eigenvalue weighted by Gasteiger charge is 2.05. The molecule has 0 atom stereocenters. The van der Waals surface area contributed by atoms with Gasteiger partial charge in [0.2, 0.25) is 0 Å². The first kappa shape index (κ1) is 15.4. The zero-order chi connectivity index (χ0) is 16.6. The Morgan fingerprint density at radius 2 is 1.54 bits per heavy atom. The monoisotopic (exact) mass is 317 g/mol. The van der Waals surface area contributed by atoms with E-state index in [2.05, 4.69) is 15.5 Å². The lowest BCUT2D eigenvalue weighted by molar-refractivity contribution is 0.0955. The number of amides is 1. The van der Waals surface area contributed by atoms with E-state index in [1.54, 1.807) is 48.9 Å². The minimum absolute atomic E-state index is 0.294. The van der Waals surface area contributed by atoms with Gasteiger partial charge in [-0.05, 0) is 24.3 Å². The minimum atomic E-state index is -0.294. The fraction of sp³-hybridized carbons (Fsp3) is 0. The molecule has 1 N–H and O–H groups in total. The van der Waals surface area contributed by atoms with Gasteiger partial charge >= 0.3 is 0 Å². The van der Waals surface area contributed by atoms with E-state index in [1.165, 1.54) is 0 Å². The SMILES string of the molecule is O=C(NN=C(N=Cc1ccco1)c1ccccc1)c1ccccc1. The van der Waals surface area contributed by atoms with E-state index in [0.717, 1.165) is 5.56 Å². The van der Waals surface area contributed by atoms with E-state index in [1.807, 2.05) is 36.4 Å². The Balaban J connectivity index is 1.83. The number of furan rings is 1. The van der Waals surface area contributed by atoms with Crippen LogP contribution in [0.5, 0.6) is 0 Å². The van der Waals surface area contributed by atoms with Gasteiger partial charge in [-0.1, -0.05) is 48.5 Å². The van der Waals surface area contributed by atoms with Crippen LogP contribution in [0.1, 0.15) is 21.7 Å². The molecule has 2 aromatic carbocycles. The van der Waals surface area contributed by atoms with Crippen LogP contribution < -0.4 is 5.43 Å². The molecule has 1 heterocycles. The molecule has 0 unspecified atom stereocenters. The number of hydrogen-bond donors (Lipinski definition) is 1. The van der Waals surface area contributed by atoms with Crippen molar-refractivity contribution < 1.29 is 9.21 Å². The Labute approximate surface area is 139 Å². The second kappa shape index (κ2) is 7.69. The molecule has 5 nitrogen and oxygen atoms in total. The zero-order valence-corrected chi connectivity index (χ0v) is 12.8. The molecule has 24 heavy (non-hydrogen) atoms. The van der Waals surface area contributed by atoms with Crippen LogP contribution >= 0.6 is 0 Å². The van der Waals surface area contributed by atoms with Gasteiger partial charge < -0.3 is 4.42 Å². The van der Waals surface area contributed by atoms with Crippen LogP contribution in [-0.2, 0) is 0 Å². The van der Waals surface area contributed by atoms with Crippen molar-refractivity contribution in [3.63, 3.8) is 0 Å². The largest absolute Gasteiger partial charge is 0.463 e. The molecule has 0 radical (unpaired) electrons. The van der Waals surface area contributed by atoms with Crippen molar-refractivity contribution in [2.24, 2.45) is 10.1 Å². The Bertz CT molecular complexity index is 839. The summed E-state index contributed by atoms with van der Waals surface area (Å²) in [5.74, 6) is 0.696. The number of rotatable bonds is 4. The van der Waals surface area contributed by atoms with Crippen molar-refractivity contribution in [2.45, 2.75) is 0 Å². The van der Waals surface area contributed by atoms with Gasteiger partial charge in [-0.3, -0.25) is 4.79 Å². The number of carbonyl (C=O) groups is 1. The van der Waals surface area contributed by atoms with E-state index in [4.69, 9.17) is 4.42 Å². The summed E-state index contributed by atoms with van der Waals surface area (Å²) in [6.07, 6.45) is 3.12. The third kappa shape index (κ3) is 4.04. The fourth-order valence-electron chi connectivity index (χ4n) is 2.00. The van der Waals surface area contributed by atoms with Crippen LogP contribution in [0.25, 0.3) is 0 Å². The van der Waals surface area contributed by atoms with Crippen LogP contribution in [0.3, 0.4) is 0 Å². The summed E-state index contributed by atoms with van der Waals surface area (Å²) in [4.78, 5) is 16.4. The molecule has 1 amide bonds. The van der Waals surface area contributed by atoms with E-state index >= 15 is 0 Å². The molecule has 0 aliphatic rings. The van der Waals surface area contributed by atoms with Gasteiger partial charge in [0.05, 0.1) is 12.5 Å². The molecule has 0 bridgehead atoms. The number of hydrogen-bond acceptors (Lipinski definition) is 3. The molecule has 0 saturated heterocycles. The first-order chi connectivity index (χ1) is 11.8. The third-order valence-corrected chi connectivity index (χ3v) is 3.19. The minimum Gasteiger partial charge on any atom is -0.463 e. The molecule has 3 rings (SSSR count). The summed E-state index contributed by atoms with van der Waals surface area (Å²) in [7, 11) is 0. The van der Waals surface area contributed by atoms with E-state index in [0.29, 0.717) is 17.2 Å². The van der Waals surface area contributed by atoms with Gasteiger partial charge in [0.25, 0.3) is 5.91 Å². The summed E-state index contributed by atoms with van der Waals surface area (Å²) < 4.78 is 5.22. The number of amidine groups is 1. The maximum atomic E-state index is 12.1. The van der Waals surface area contributed by atoms with E-state index in [9.17, 15) is 4.79 Å². The van der Waals surface area contributed by atoms with E-state index in [-0.39, 0.29) is 5.91 Å². The molecule has 0 aliphatic heterocycles. The van der Waals surface area contributed by atoms with Crippen LogP contribution in [0.2, 0.25) is 0 Å². The lowest BCUT2D eigenvalue weighted by Crippen LogP contribution is -2.19. The van der Waals surface area contributed by atoms with Gasteiger partial charge in [0, 0.05) is 11.1 Å². The molecule has 1 aromatic heterocycles. The Morgan fingerprint density at radius 3 is 2.17 bits per heavy atom. The fourth-order valence-corrected chi connectivity index (χ4v) is 2.00. The normalized spacial score (nSPS) is 11.6. The standard InChI is InChI=1S/C19H15N3O2/c23-19(16-10-5-2-6-11-16)22-21-18(15-8-3-1-4-9-15)20-14-17-12-7-13-24-17/h1-14H,(H,22,23). The van der Waals surface area contributed by atoms with Crippen molar-refractivity contribution in [2.75, 3.05) is 0 Å². The lowest BCUT2D eigenvalue weighted by Gasteiger charge is -2.03. The highest BCUT2D eigenvalue weighted by atomic mass is 16.3. The number of aliphatic imine (C=N–C) groups is 1. The van der Waals surface area contributed by atoms with Gasteiger partial charge in [-0.2, -0.15) is 5.10 Å². The average Bonchev–Trinajstić information content (AvgIpc) is 3.16. The van der Waals surface area contributed by atoms with Crippen molar-refractivity contribution in [1.82, 2.24) is 5.43 Å². The van der Waals surface area contributed by atoms with Crippen LogP contribution in [0.4, 0.5) is 0 Å². The van der Waals surface area contributed by atoms with E-state index < -0.39 is 0 Å². The number of benzene rings is 2. The van der Waals surface area contributed by atoms with Gasteiger partial charge in [-0.25, -0.2) is 10.4 Å². The molecule has 0 aliphatic carbocycles.